The van der Waals surface area contributed by atoms with Crippen molar-refractivity contribution in [1.29, 1.82) is 0 Å². The number of nitrogens with zero attached hydrogens (tertiary/aromatic N) is 1. The van der Waals surface area contributed by atoms with Gasteiger partial charge in [-0.3, -0.25) is 9.69 Å². The number of ketones is 1. The number of rotatable bonds is 3. The first-order valence-electron chi connectivity index (χ1n) is 6.76. The molecule has 0 amide bonds. The van der Waals surface area contributed by atoms with Gasteiger partial charge in [0.2, 0.25) is 0 Å². The van der Waals surface area contributed by atoms with Crippen LogP contribution in [0, 0.1) is 5.82 Å². The highest BCUT2D eigenvalue weighted by Gasteiger charge is 2.42. The van der Waals surface area contributed by atoms with Gasteiger partial charge in [0.25, 0.3) is 0 Å². The maximum absolute atomic E-state index is 14.3. The Morgan fingerprint density at radius 2 is 1.90 bits per heavy atom. The van der Waals surface area contributed by atoms with Crippen molar-refractivity contribution in [2.75, 3.05) is 14.1 Å². The van der Waals surface area contributed by atoms with Crippen molar-refractivity contribution in [2.24, 2.45) is 0 Å². The molecule has 2 rings (SSSR count). The van der Waals surface area contributed by atoms with Crippen molar-refractivity contribution in [3.05, 3.63) is 33.0 Å². The number of hydrogen-bond donors (Lipinski definition) is 0. The predicted molar refractivity (Wildman–Crippen MR) is 82.9 cm³/mol. The fourth-order valence-corrected chi connectivity index (χ4v) is 3.44. The molecular weight excluding hydrogens is 345 g/mol. The number of carbonyl (C=O) groups excluding carboxylic acids is 1. The fraction of sp³-hybridized carbons (Fsp3) is 0.533. The van der Waals surface area contributed by atoms with E-state index >= 15 is 0 Å². The Bertz CT molecular complexity index is 527. The Hall–Kier alpha value is -0.450. The van der Waals surface area contributed by atoms with Gasteiger partial charge in [0, 0.05) is 4.47 Å². The molecule has 0 saturated heterocycles. The first-order valence-corrected chi connectivity index (χ1v) is 7.93. The van der Waals surface area contributed by atoms with Crippen LogP contribution in [-0.4, -0.2) is 30.3 Å². The molecule has 5 heteroatoms. The summed E-state index contributed by atoms with van der Waals surface area (Å²) in [4.78, 5) is 14.8. The van der Waals surface area contributed by atoms with Gasteiger partial charge in [0.05, 0.1) is 16.1 Å². The monoisotopic (exact) mass is 361 g/mol. The number of carbonyl (C=O) groups is 1. The SMILES string of the molecule is CN(C)C1(C(=O)c2ccc(Br)c(Cl)c2F)CCCCC1. The molecule has 0 atom stereocenters. The second kappa shape index (κ2) is 6.12. The van der Waals surface area contributed by atoms with Crippen LogP contribution in [0.2, 0.25) is 5.02 Å². The van der Waals surface area contributed by atoms with Gasteiger partial charge in [0.1, 0.15) is 0 Å². The minimum absolute atomic E-state index is 0.0273. The van der Waals surface area contributed by atoms with E-state index in [-0.39, 0.29) is 16.4 Å². The molecule has 1 saturated carbocycles. The lowest BCUT2D eigenvalue weighted by Crippen LogP contribution is -2.52. The van der Waals surface area contributed by atoms with Gasteiger partial charge in [-0.05, 0) is 55.0 Å². The predicted octanol–water partition coefficient (Wildman–Crippen LogP) is 4.69. The van der Waals surface area contributed by atoms with Gasteiger partial charge in [-0.25, -0.2) is 4.39 Å². The van der Waals surface area contributed by atoms with Crippen LogP contribution in [0.15, 0.2) is 16.6 Å². The minimum atomic E-state index is -0.627. The summed E-state index contributed by atoms with van der Waals surface area (Å²) in [5.41, 5.74) is -0.509. The quantitative estimate of drug-likeness (QED) is 0.574. The molecule has 1 aromatic rings. The summed E-state index contributed by atoms with van der Waals surface area (Å²) in [6, 6.07) is 3.15. The smallest absolute Gasteiger partial charge is 0.186 e. The number of hydrogen-bond acceptors (Lipinski definition) is 2. The van der Waals surface area contributed by atoms with Crippen molar-refractivity contribution in [2.45, 2.75) is 37.6 Å². The van der Waals surface area contributed by atoms with E-state index in [2.05, 4.69) is 15.9 Å². The second-order valence-electron chi connectivity index (χ2n) is 5.54. The third-order valence-electron chi connectivity index (χ3n) is 4.24. The molecule has 110 valence electrons. The van der Waals surface area contributed by atoms with Crippen molar-refractivity contribution >= 4 is 33.3 Å². The minimum Gasteiger partial charge on any atom is -0.297 e. The first kappa shape index (κ1) is 15.9. The Morgan fingerprint density at radius 1 is 1.30 bits per heavy atom. The van der Waals surface area contributed by atoms with Crippen LogP contribution in [0.4, 0.5) is 4.39 Å². The zero-order valence-corrected chi connectivity index (χ0v) is 14.0. The summed E-state index contributed by atoms with van der Waals surface area (Å²) in [5.74, 6) is -0.785. The molecule has 0 heterocycles. The molecule has 1 aliphatic rings. The molecular formula is C15H18BrClFNO. The van der Waals surface area contributed by atoms with Gasteiger partial charge in [-0.2, -0.15) is 0 Å². The average Bonchev–Trinajstić information content (AvgIpc) is 2.45. The van der Waals surface area contributed by atoms with Crippen molar-refractivity contribution in [3.63, 3.8) is 0 Å². The summed E-state index contributed by atoms with van der Waals surface area (Å²) < 4.78 is 14.8. The molecule has 20 heavy (non-hydrogen) atoms. The van der Waals surface area contributed by atoms with Crippen molar-refractivity contribution in [3.8, 4) is 0 Å². The van der Waals surface area contributed by atoms with Crippen molar-refractivity contribution in [1.82, 2.24) is 4.90 Å². The van der Waals surface area contributed by atoms with Gasteiger partial charge in [0.15, 0.2) is 11.6 Å². The van der Waals surface area contributed by atoms with Gasteiger partial charge >= 0.3 is 0 Å². The van der Waals surface area contributed by atoms with Gasteiger partial charge in [-0.1, -0.05) is 30.9 Å². The number of likely N-dealkylation sites (N-methyl/N-ethyl adjacent to an activating group) is 1. The highest BCUT2D eigenvalue weighted by molar-refractivity contribution is 9.10. The topological polar surface area (TPSA) is 20.3 Å². The number of benzene rings is 1. The van der Waals surface area contributed by atoms with E-state index in [9.17, 15) is 9.18 Å². The standard InChI is InChI=1S/C15H18BrClFNO/c1-19(2)15(8-4-3-5-9-15)14(20)10-6-7-11(16)12(17)13(10)18/h6-7H,3-5,8-9H2,1-2H3. The zero-order valence-electron chi connectivity index (χ0n) is 11.7. The van der Waals surface area contributed by atoms with E-state index < -0.39 is 11.4 Å². The maximum atomic E-state index is 14.3. The fourth-order valence-electron chi connectivity index (χ4n) is 2.97. The zero-order chi connectivity index (χ0) is 14.9. The maximum Gasteiger partial charge on any atom is 0.186 e. The Balaban J connectivity index is 2.45. The molecule has 1 aliphatic carbocycles. The average molecular weight is 363 g/mol. The summed E-state index contributed by atoms with van der Waals surface area (Å²) in [5, 5.41) is -0.0273. The molecule has 1 aromatic carbocycles. The molecule has 0 bridgehead atoms. The molecule has 0 aliphatic heterocycles. The van der Waals surface area contributed by atoms with E-state index in [1.54, 1.807) is 6.07 Å². The normalized spacial score (nSPS) is 18.3. The summed E-state index contributed by atoms with van der Waals surface area (Å²) in [6.45, 7) is 0. The molecule has 0 unspecified atom stereocenters. The largest absolute Gasteiger partial charge is 0.297 e. The van der Waals surface area contributed by atoms with E-state index in [0.29, 0.717) is 4.47 Å². The van der Waals surface area contributed by atoms with Gasteiger partial charge in [-0.15, -0.1) is 0 Å². The third-order valence-corrected chi connectivity index (χ3v) is 5.50. The van der Waals surface area contributed by atoms with Crippen LogP contribution in [0.1, 0.15) is 42.5 Å². The summed E-state index contributed by atoms with van der Waals surface area (Å²) in [6.07, 6.45) is 4.66. The lowest BCUT2D eigenvalue weighted by molar-refractivity contribution is 0.0559. The molecule has 1 fully saturated rings. The Kier molecular flexibility index (Phi) is 4.88. The molecule has 0 spiro atoms. The molecule has 0 radical (unpaired) electrons. The summed E-state index contributed by atoms with van der Waals surface area (Å²) >= 11 is 9.08. The van der Waals surface area contributed by atoms with Crippen LogP contribution in [0.25, 0.3) is 0 Å². The Labute approximate surface area is 132 Å². The van der Waals surface area contributed by atoms with Crippen LogP contribution in [0.3, 0.4) is 0 Å². The van der Waals surface area contributed by atoms with E-state index in [1.807, 2.05) is 19.0 Å². The van der Waals surface area contributed by atoms with Crippen LogP contribution < -0.4 is 0 Å². The highest BCUT2D eigenvalue weighted by atomic mass is 79.9. The number of Topliss-reactive ketones (excluding diaryl/α,β-unsaturated/α-hetero) is 1. The molecule has 2 nitrogen and oxygen atoms in total. The van der Waals surface area contributed by atoms with E-state index in [1.165, 1.54) is 6.07 Å². The van der Waals surface area contributed by atoms with Crippen LogP contribution >= 0.6 is 27.5 Å². The lowest BCUT2D eigenvalue weighted by atomic mass is 9.75. The molecule has 0 N–H and O–H groups in total. The molecule has 0 aromatic heterocycles. The Morgan fingerprint density at radius 3 is 2.45 bits per heavy atom. The van der Waals surface area contributed by atoms with E-state index in [0.717, 1.165) is 32.1 Å². The van der Waals surface area contributed by atoms with Crippen molar-refractivity contribution < 1.29 is 9.18 Å². The summed E-state index contributed by atoms with van der Waals surface area (Å²) in [7, 11) is 3.78. The number of halogens is 3. The van der Waals surface area contributed by atoms with E-state index in [4.69, 9.17) is 11.6 Å². The second-order valence-corrected chi connectivity index (χ2v) is 6.77. The highest BCUT2D eigenvalue weighted by Crippen LogP contribution is 2.37. The third kappa shape index (κ3) is 2.66. The first-order chi connectivity index (χ1) is 9.40. The van der Waals surface area contributed by atoms with Crippen LogP contribution in [0.5, 0.6) is 0 Å². The lowest BCUT2D eigenvalue weighted by Gasteiger charge is -2.41. The van der Waals surface area contributed by atoms with Crippen LogP contribution in [-0.2, 0) is 0 Å². The van der Waals surface area contributed by atoms with Gasteiger partial charge < -0.3 is 0 Å².